The molecule has 0 aliphatic heterocycles. The fourth-order valence-electron chi connectivity index (χ4n) is 1.85. The zero-order chi connectivity index (χ0) is 17.6. The summed E-state index contributed by atoms with van der Waals surface area (Å²) >= 11 is 0. The topological polar surface area (TPSA) is 60.7 Å². The minimum atomic E-state index is 0.322. The van der Waals surface area contributed by atoms with Gasteiger partial charge in [-0.1, -0.05) is 67.9 Å². The normalized spacial score (nSPS) is 9.04. The Hall–Kier alpha value is -2.94. The average Bonchev–Trinajstić information content (AvgIpc) is 2.60. The number of aryl methyl sites for hydroxylation is 1. The molecule has 0 aliphatic rings. The molecule has 0 heterocycles. The van der Waals surface area contributed by atoms with Crippen molar-refractivity contribution in [2.45, 2.75) is 19.8 Å². The van der Waals surface area contributed by atoms with Gasteiger partial charge in [-0.25, -0.2) is 0 Å². The lowest BCUT2D eigenvalue weighted by molar-refractivity contribution is 0.467. The fraction of sp³-hybridized carbons (Fsp3) is 0.143. The highest BCUT2D eigenvalue weighted by Gasteiger charge is 1.95. The number of hydrogen-bond acceptors (Lipinski definition) is 3. The summed E-state index contributed by atoms with van der Waals surface area (Å²) < 4.78 is 0. The number of hydrogen-bond donors (Lipinski definition) is 3. The van der Waals surface area contributed by atoms with Crippen LogP contribution >= 0.6 is 0 Å². The Morgan fingerprint density at radius 1 is 0.583 bits per heavy atom. The van der Waals surface area contributed by atoms with Crippen LogP contribution in [0.15, 0.2) is 84.9 Å². The van der Waals surface area contributed by atoms with E-state index in [1.807, 2.05) is 30.3 Å². The van der Waals surface area contributed by atoms with Crippen molar-refractivity contribution in [3.8, 4) is 17.2 Å². The van der Waals surface area contributed by atoms with Crippen molar-refractivity contribution in [3.63, 3.8) is 0 Å². The third-order valence-electron chi connectivity index (χ3n) is 3.02. The van der Waals surface area contributed by atoms with Crippen molar-refractivity contribution in [2.75, 3.05) is 0 Å². The lowest BCUT2D eigenvalue weighted by atomic mass is 10.1. The van der Waals surface area contributed by atoms with E-state index in [1.54, 1.807) is 54.6 Å². The van der Waals surface area contributed by atoms with E-state index < -0.39 is 0 Å². The van der Waals surface area contributed by atoms with Crippen LogP contribution in [0, 0.1) is 0 Å². The molecule has 0 aromatic heterocycles. The molecule has 0 fully saturated rings. The second kappa shape index (κ2) is 11.6. The lowest BCUT2D eigenvalue weighted by Crippen LogP contribution is -1.81. The summed E-state index contributed by atoms with van der Waals surface area (Å²) in [6.45, 7) is 2.10. The highest BCUT2D eigenvalue weighted by molar-refractivity contribution is 5.31. The van der Waals surface area contributed by atoms with E-state index in [1.165, 1.54) is 0 Å². The molecule has 3 aromatic carbocycles. The molecule has 3 rings (SSSR count). The minimum Gasteiger partial charge on any atom is -0.508 e. The van der Waals surface area contributed by atoms with Crippen LogP contribution in [0.4, 0.5) is 0 Å². The van der Waals surface area contributed by atoms with Gasteiger partial charge in [-0.15, -0.1) is 0 Å². The van der Waals surface area contributed by atoms with Gasteiger partial charge in [-0.05, 0) is 42.3 Å². The first kappa shape index (κ1) is 19.1. The molecule has 24 heavy (non-hydrogen) atoms. The van der Waals surface area contributed by atoms with E-state index in [9.17, 15) is 5.11 Å². The molecular formula is C21H24O3. The van der Waals surface area contributed by atoms with Crippen LogP contribution in [-0.2, 0) is 6.42 Å². The van der Waals surface area contributed by atoms with Crippen LogP contribution in [-0.4, -0.2) is 15.3 Å². The Morgan fingerprint density at radius 3 is 1.33 bits per heavy atom. The predicted octanol–water partition coefficient (Wildman–Crippen LogP) is 5.13. The molecule has 0 amide bonds. The van der Waals surface area contributed by atoms with Gasteiger partial charge in [0, 0.05) is 0 Å². The molecule has 0 atom stereocenters. The molecule has 0 unspecified atom stereocenters. The number of rotatable bonds is 2. The zero-order valence-corrected chi connectivity index (χ0v) is 13.8. The van der Waals surface area contributed by atoms with Crippen LogP contribution < -0.4 is 0 Å². The zero-order valence-electron chi connectivity index (χ0n) is 13.8. The van der Waals surface area contributed by atoms with Crippen LogP contribution in [0.25, 0.3) is 0 Å². The smallest absolute Gasteiger partial charge is 0.118 e. The molecule has 3 aromatic rings. The Labute approximate surface area is 143 Å². The van der Waals surface area contributed by atoms with Gasteiger partial charge in [0.1, 0.15) is 17.2 Å². The van der Waals surface area contributed by atoms with Crippen molar-refractivity contribution >= 4 is 0 Å². The number of para-hydroxylation sites is 3. The molecule has 3 heteroatoms. The van der Waals surface area contributed by atoms with Gasteiger partial charge in [0.2, 0.25) is 0 Å². The van der Waals surface area contributed by atoms with Crippen LogP contribution in [0.3, 0.4) is 0 Å². The van der Waals surface area contributed by atoms with Crippen molar-refractivity contribution in [1.29, 1.82) is 0 Å². The van der Waals surface area contributed by atoms with Gasteiger partial charge in [0.25, 0.3) is 0 Å². The highest BCUT2D eigenvalue weighted by atomic mass is 16.3. The summed E-state index contributed by atoms with van der Waals surface area (Å²) in [5, 5.41) is 26.5. The number of benzene rings is 3. The summed E-state index contributed by atoms with van der Waals surface area (Å²) in [6, 6.07) is 24.9. The van der Waals surface area contributed by atoms with Crippen molar-refractivity contribution in [2.24, 2.45) is 0 Å². The first-order chi connectivity index (χ1) is 11.6. The lowest BCUT2D eigenvalue weighted by Gasteiger charge is -1.99. The van der Waals surface area contributed by atoms with Crippen molar-refractivity contribution in [1.82, 2.24) is 0 Å². The first-order valence-corrected chi connectivity index (χ1v) is 7.88. The second-order valence-electron chi connectivity index (χ2n) is 5.05. The summed E-state index contributed by atoms with van der Waals surface area (Å²) in [4.78, 5) is 0. The highest BCUT2D eigenvalue weighted by Crippen LogP contribution is 2.16. The average molecular weight is 324 g/mol. The Morgan fingerprint density at radius 2 is 1.00 bits per heavy atom. The monoisotopic (exact) mass is 324 g/mol. The molecule has 126 valence electrons. The predicted molar refractivity (Wildman–Crippen MR) is 98.3 cm³/mol. The van der Waals surface area contributed by atoms with Crippen LogP contribution in [0.5, 0.6) is 17.2 Å². The summed E-state index contributed by atoms with van der Waals surface area (Å²) in [6.07, 6.45) is 2.05. The number of aromatic hydroxyl groups is 3. The fourth-order valence-corrected chi connectivity index (χ4v) is 1.85. The van der Waals surface area contributed by atoms with Gasteiger partial charge in [-0.3, -0.25) is 0 Å². The van der Waals surface area contributed by atoms with Crippen molar-refractivity contribution in [3.05, 3.63) is 90.5 Å². The third-order valence-corrected chi connectivity index (χ3v) is 3.02. The van der Waals surface area contributed by atoms with Crippen LogP contribution in [0.2, 0.25) is 0 Å². The van der Waals surface area contributed by atoms with Gasteiger partial charge in [0.05, 0.1) is 0 Å². The molecule has 0 spiro atoms. The Kier molecular flexibility index (Phi) is 9.24. The summed E-state index contributed by atoms with van der Waals surface area (Å²) in [7, 11) is 0. The first-order valence-electron chi connectivity index (χ1n) is 7.88. The minimum absolute atomic E-state index is 0.322. The van der Waals surface area contributed by atoms with Gasteiger partial charge in [0.15, 0.2) is 0 Å². The van der Waals surface area contributed by atoms with Crippen molar-refractivity contribution < 1.29 is 15.3 Å². The molecule has 0 aliphatic carbocycles. The van der Waals surface area contributed by atoms with E-state index in [4.69, 9.17) is 10.2 Å². The maximum Gasteiger partial charge on any atom is 0.118 e. The van der Waals surface area contributed by atoms with Gasteiger partial charge >= 0.3 is 0 Å². The summed E-state index contributed by atoms with van der Waals surface area (Å²) in [5.74, 6) is 1.06. The van der Waals surface area contributed by atoms with E-state index >= 15 is 0 Å². The maximum absolute atomic E-state index is 9.24. The van der Waals surface area contributed by atoms with Crippen LogP contribution in [0.1, 0.15) is 18.9 Å². The van der Waals surface area contributed by atoms with E-state index in [2.05, 4.69) is 6.92 Å². The number of phenolic OH excluding ortho intramolecular Hbond substituents is 3. The SMILES string of the molecule is CCCc1ccccc1O.Oc1ccccc1.Oc1ccccc1. The molecule has 0 radical (unpaired) electrons. The molecule has 3 N–H and O–H groups in total. The maximum atomic E-state index is 9.24. The molecule has 0 bridgehead atoms. The third kappa shape index (κ3) is 8.49. The quantitative estimate of drug-likeness (QED) is 0.612. The van der Waals surface area contributed by atoms with E-state index in [0.717, 1.165) is 18.4 Å². The van der Waals surface area contributed by atoms with E-state index in [0.29, 0.717) is 17.2 Å². The summed E-state index contributed by atoms with van der Waals surface area (Å²) in [5.41, 5.74) is 1.05. The standard InChI is InChI=1S/C9H12O.2C6H6O/c1-2-5-8-6-3-4-7-9(8)10;2*7-6-4-2-1-3-5-6/h3-4,6-7,10H,2,5H2,1H3;2*1-5,7H. The Balaban J connectivity index is 0.000000185. The Bertz CT molecular complexity index is 629. The largest absolute Gasteiger partial charge is 0.508 e. The molecular weight excluding hydrogens is 300 g/mol. The molecule has 0 saturated carbocycles. The van der Waals surface area contributed by atoms with E-state index in [-0.39, 0.29) is 0 Å². The second-order valence-corrected chi connectivity index (χ2v) is 5.05. The molecule has 0 saturated heterocycles. The van der Waals surface area contributed by atoms with Gasteiger partial charge < -0.3 is 15.3 Å². The molecule has 3 nitrogen and oxygen atoms in total. The van der Waals surface area contributed by atoms with Gasteiger partial charge in [-0.2, -0.15) is 0 Å². The number of phenols is 3.